The Hall–Kier alpha value is -2.57. The fraction of sp³-hybridized carbons (Fsp3) is 0.417. The van der Waals surface area contributed by atoms with Crippen LogP contribution in [-0.2, 0) is 11.2 Å². The first-order valence-electron chi connectivity index (χ1n) is 10.3. The van der Waals surface area contributed by atoms with Crippen molar-refractivity contribution in [3.05, 3.63) is 52.5 Å². The molecule has 1 atom stereocenters. The lowest BCUT2D eigenvalue weighted by molar-refractivity contribution is 0.0407. The standard InChI is InChI=1S/C24H29ClN2O4/c1-15-6-8-17(13-18(15)25)21-26-19-12-16(7-9-20(19)30-21)10-11-24(5,14-28)27-22(29)31-23(2,3)4/h6-9,12-13,28H,10-11,14H2,1-5H3,(H,27,29). The van der Waals surface area contributed by atoms with E-state index in [9.17, 15) is 9.90 Å². The van der Waals surface area contributed by atoms with Gasteiger partial charge in [-0.05, 0) is 82.9 Å². The Morgan fingerprint density at radius 3 is 2.58 bits per heavy atom. The number of nitrogens with zero attached hydrogens (tertiary/aromatic N) is 1. The Morgan fingerprint density at radius 2 is 1.94 bits per heavy atom. The summed E-state index contributed by atoms with van der Waals surface area (Å²) in [6.07, 6.45) is 0.630. The fourth-order valence-electron chi connectivity index (χ4n) is 3.13. The number of hydrogen-bond donors (Lipinski definition) is 2. The number of amides is 1. The molecule has 31 heavy (non-hydrogen) atoms. The number of alkyl carbamates (subject to hydrolysis) is 1. The van der Waals surface area contributed by atoms with Crippen molar-refractivity contribution in [1.82, 2.24) is 10.3 Å². The first kappa shape index (κ1) is 23.1. The number of aryl methyl sites for hydroxylation is 2. The van der Waals surface area contributed by atoms with Gasteiger partial charge < -0.3 is 19.6 Å². The van der Waals surface area contributed by atoms with Crippen molar-refractivity contribution in [1.29, 1.82) is 0 Å². The van der Waals surface area contributed by atoms with Crippen molar-refractivity contribution in [3.8, 4) is 11.5 Å². The number of oxazole rings is 1. The summed E-state index contributed by atoms with van der Waals surface area (Å²) in [6, 6.07) is 11.5. The van der Waals surface area contributed by atoms with E-state index in [1.165, 1.54) is 0 Å². The van der Waals surface area contributed by atoms with E-state index >= 15 is 0 Å². The number of hydrogen-bond acceptors (Lipinski definition) is 5. The third kappa shape index (κ3) is 5.99. The number of carbonyl (C=O) groups is 1. The van der Waals surface area contributed by atoms with Crippen LogP contribution in [0.5, 0.6) is 0 Å². The molecule has 0 radical (unpaired) electrons. The van der Waals surface area contributed by atoms with Gasteiger partial charge in [0.15, 0.2) is 5.58 Å². The van der Waals surface area contributed by atoms with Crippen LogP contribution in [-0.4, -0.2) is 33.9 Å². The molecule has 2 aromatic carbocycles. The Balaban J connectivity index is 1.72. The minimum atomic E-state index is -0.801. The third-order valence-electron chi connectivity index (χ3n) is 4.99. The van der Waals surface area contributed by atoms with Gasteiger partial charge in [-0.2, -0.15) is 0 Å². The van der Waals surface area contributed by atoms with E-state index in [-0.39, 0.29) is 6.61 Å². The monoisotopic (exact) mass is 444 g/mol. The maximum atomic E-state index is 12.1. The van der Waals surface area contributed by atoms with Crippen LogP contribution in [0.1, 0.15) is 45.2 Å². The van der Waals surface area contributed by atoms with Crippen molar-refractivity contribution < 1.29 is 19.1 Å². The Morgan fingerprint density at radius 1 is 1.19 bits per heavy atom. The maximum Gasteiger partial charge on any atom is 0.408 e. The average Bonchev–Trinajstić information content (AvgIpc) is 3.10. The van der Waals surface area contributed by atoms with Crippen molar-refractivity contribution in [2.75, 3.05) is 6.61 Å². The topological polar surface area (TPSA) is 84.6 Å². The Kier molecular flexibility index (Phi) is 6.62. The molecule has 1 amide bonds. The number of carbonyl (C=O) groups excluding carboxylic acids is 1. The molecule has 1 unspecified atom stereocenters. The first-order valence-corrected chi connectivity index (χ1v) is 10.6. The summed E-state index contributed by atoms with van der Waals surface area (Å²) in [7, 11) is 0. The van der Waals surface area contributed by atoms with E-state index in [1.807, 2.05) is 43.3 Å². The normalized spacial score (nSPS) is 13.8. The van der Waals surface area contributed by atoms with Gasteiger partial charge in [0.05, 0.1) is 12.1 Å². The molecule has 166 valence electrons. The number of halogens is 1. The molecular weight excluding hydrogens is 416 g/mol. The van der Waals surface area contributed by atoms with Crippen LogP contribution in [0.3, 0.4) is 0 Å². The van der Waals surface area contributed by atoms with Crippen LogP contribution in [0, 0.1) is 6.92 Å². The minimum absolute atomic E-state index is 0.198. The van der Waals surface area contributed by atoms with E-state index in [2.05, 4.69) is 10.3 Å². The highest BCUT2D eigenvalue weighted by atomic mass is 35.5. The van der Waals surface area contributed by atoms with Gasteiger partial charge in [-0.15, -0.1) is 0 Å². The van der Waals surface area contributed by atoms with Crippen LogP contribution in [0.4, 0.5) is 4.79 Å². The second kappa shape index (κ2) is 8.89. The second-order valence-corrected chi connectivity index (χ2v) is 9.54. The lowest BCUT2D eigenvalue weighted by Gasteiger charge is -2.30. The number of rotatable bonds is 6. The van der Waals surface area contributed by atoms with Crippen LogP contribution in [0.2, 0.25) is 5.02 Å². The zero-order valence-corrected chi connectivity index (χ0v) is 19.3. The Bertz CT molecular complexity index is 1090. The molecule has 0 aliphatic heterocycles. The quantitative estimate of drug-likeness (QED) is 0.512. The lowest BCUT2D eigenvalue weighted by Crippen LogP contribution is -2.50. The van der Waals surface area contributed by atoms with E-state index in [4.69, 9.17) is 20.8 Å². The molecule has 1 aromatic heterocycles. The largest absolute Gasteiger partial charge is 0.444 e. The second-order valence-electron chi connectivity index (χ2n) is 9.13. The molecule has 0 fully saturated rings. The van der Waals surface area contributed by atoms with Crippen molar-refractivity contribution in [2.45, 2.75) is 58.6 Å². The predicted octanol–water partition coefficient (Wildman–Crippen LogP) is 5.66. The maximum absolute atomic E-state index is 12.1. The number of ether oxygens (including phenoxy) is 1. The highest BCUT2D eigenvalue weighted by Crippen LogP contribution is 2.28. The zero-order chi connectivity index (χ0) is 22.8. The number of aliphatic hydroxyl groups is 1. The SMILES string of the molecule is Cc1ccc(-c2nc3cc(CCC(C)(CO)NC(=O)OC(C)(C)C)ccc3o2)cc1Cl. The molecule has 3 rings (SSSR count). The molecule has 0 saturated heterocycles. The molecular formula is C24H29ClN2O4. The summed E-state index contributed by atoms with van der Waals surface area (Å²) in [5.74, 6) is 0.515. The smallest absolute Gasteiger partial charge is 0.408 e. The van der Waals surface area contributed by atoms with Crippen LogP contribution < -0.4 is 5.32 Å². The molecule has 6 nitrogen and oxygen atoms in total. The molecule has 1 heterocycles. The average molecular weight is 445 g/mol. The van der Waals surface area contributed by atoms with Gasteiger partial charge in [0, 0.05) is 10.6 Å². The van der Waals surface area contributed by atoms with E-state index < -0.39 is 17.2 Å². The van der Waals surface area contributed by atoms with E-state index in [0.29, 0.717) is 29.3 Å². The number of fused-ring (bicyclic) bond motifs is 1. The zero-order valence-electron chi connectivity index (χ0n) is 18.6. The molecule has 0 aliphatic rings. The number of benzene rings is 2. The number of aliphatic hydroxyl groups excluding tert-OH is 1. The van der Waals surface area contributed by atoms with Gasteiger partial charge in [-0.3, -0.25) is 0 Å². The predicted molar refractivity (Wildman–Crippen MR) is 122 cm³/mol. The molecule has 0 bridgehead atoms. The van der Waals surface area contributed by atoms with Gasteiger partial charge in [0.25, 0.3) is 0 Å². The summed E-state index contributed by atoms with van der Waals surface area (Å²) in [5, 5.41) is 13.3. The molecule has 0 aliphatic carbocycles. The summed E-state index contributed by atoms with van der Waals surface area (Å²) >= 11 is 6.23. The van der Waals surface area contributed by atoms with Gasteiger partial charge in [-0.25, -0.2) is 9.78 Å². The summed E-state index contributed by atoms with van der Waals surface area (Å²) in [6.45, 7) is 8.95. The van der Waals surface area contributed by atoms with Crippen LogP contribution in [0.25, 0.3) is 22.6 Å². The van der Waals surface area contributed by atoms with Crippen molar-refractivity contribution in [3.63, 3.8) is 0 Å². The van der Waals surface area contributed by atoms with Gasteiger partial charge in [-0.1, -0.05) is 23.7 Å². The highest BCUT2D eigenvalue weighted by molar-refractivity contribution is 6.31. The fourth-order valence-corrected chi connectivity index (χ4v) is 3.31. The van der Waals surface area contributed by atoms with Crippen LogP contribution >= 0.6 is 11.6 Å². The Labute approximate surface area is 187 Å². The van der Waals surface area contributed by atoms with Gasteiger partial charge in [0.2, 0.25) is 5.89 Å². The van der Waals surface area contributed by atoms with E-state index in [1.54, 1.807) is 27.7 Å². The molecule has 7 heteroatoms. The molecule has 3 aromatic rings. The van der Waals surface area contributed by atoms with Crippen molar-refractivity contribution in [2.24, 2.45) is 0 Å². The van der Waals surface area contributed by atoms with Gasteiger partial charge >= 0.3 is 6.09 Å². The van der Waals surface area contributed by atoms with Crippen molar-refractivity contribution >= 4 is 28.8 Å². The van der Waals surface area contributed by atoms with Crippen LogP contribution in [0.15, 0.2) is 40.8 Å². The number of nitrogens with one attached hydrogen (secondary N) is 1. The molecule has 2 N–H and O–H groups in total. The van der Waals surface area contributed by atoms with Gasteiger partial charge in [0.1, 0.15) is 11.1 Å². The highest BCUT2D eigenvalue weighted by Gasteiger charge is 2.28. The molecule has 0 saturated carbocycles. The number of aromatic nitrogens is 1. The third-order valence-corrected chi connectivity index (χ3v) is 5.40. The minimum Gasteiger partial charge on any atom is -0.444 e. The lowest BCUT2D eigenvalue weighted by atomic mass is 9.94. The summed E-state index contributed by atoms with van der Waals surface area (Å²) in [5.41, 5.74) is 2.88. The van der Waals surface area contributed by atoms with E-state index in [0.717, 1.165) is 22.2 Å². The summed E-state index contributed by atoms with van der Waals surface area (Å²) in [4.78, 5) is 16.7. The summed E-state index contributed by atoms with van der Waals surface area (Å²) < 4.78 is 11.2. The molecule has 0 spiro atoms. The first-order chi connectivity index (χ1) is 14.5.